The molecule has 0 aliphatic heterocycles. The van der Waals surface area contributed by atoms with E-state index in [0.29, 0.717) is 33.4 Å². The lowest BCUT2D eigenvalue weighted by molar-refractivity contribution is -0.141. The van der Waals surface area contributed by atoms with Gasteiger partial charge in [-0.15, -0.1) is 0 Å². The number of nitrogens with zero attached hydrogens (tertiary/aromatic N) is 4. The molecule has 12 aromatic carbocycles. The molecule has 0 heterocycles. The molecule has 146 heavy (non-hydrogen) atoms. The highest BCUT2D eigenvalue weighted by Gasteiger charge is 2.36. The van der Waals surface area contributed by atoms with Crippen molar-refractivity contribution in [3.05, 3.63) is 383 Å². The molecule has 0 aliphatic rings. The standard InChI is InChI=1S/C33H30NO7PS.C28H28NO7PS.C26H26NO6PS.C21H24NO6PS/c1-3-39-42(38,40-4-2)23-30(34-41-33(37)27-13-9-6-10-14-27)32(36)26-17-21-29(22-18-26)43-28-19-15-25(16-20-28)31(35)24-11-7-5-8-12-24;1-4-34-37(33,35-5-2)19-26(29-36-20(3)30)28(32)23-13-17-25(18-14-23)38-24-15-11-22(12-16-24)27(31)21-9-7-6-8-10-21;1-3-31-34(30,32-4-2)19-24(27-33-26(29)21-11-7-5-8-12-21)25(28)20-15-17-23(18-16-20)35-22-13-9-6-10-14-22;1-4-26-29(25,27-5-2)15-20(22-28-16(3)23)21(24)17-11-13-19(14-12-17)30-18-9-7-6-8-10-18/h5-22H,3-4,23H2,1-2H3;6-18H,4-5,19H2,1-3H3;5-18H,3-4,19H2,1-2H3;6-14H,4-5,15H2,1-3H3/b34-30+;29-26+;27-24+;22-20+. The molecule has 0 spiro atoms. The van der Waals surface area contributed by atoms with Gasteiger partial charge in [0.05, 0.1) is 88.6 Å². The number of hydrogen-bond donors (Lipinski definition) is 0. The number of benzene rings is 12. The summed E-state index contributed by atoms with van der Waals surface area (Å²) in [4.78, 5) is 152. The minimum atomic E-state index is -3.74. The quantitative estimate of drug-likeness (QED) is 0.0112. The first kappa shape index (κ1) is 117. The topological polar surface area (TPSA) is 399 Å². The monoisotopic (exact) mass is 2130 g/mol. The van der Waals surface area contributed by atoms with Crippen LogP contribution in [0.2, 0.25) is 0 Å². The fourth-order valence-corrected chi connectivity index (χ4v) is 22.6. The molecular weight excluding hydrogens is 2020 g/mol. The van der Waals surface area contributed by atoms with Crippen molar-refractivity contribution in [2.24, 2.45) is 20.6 Å². The van der Waals surface area contributed by atoms with Crippen molar-refractivity contribution in [3.63, 3.8) is 0 Å². The van der Waals surface area contributed by atoms with Crippen LogP contribution in [0.25, 0.3) is 0 Å². The van der Waals surface area contributed by atoms with E-state index in [2.05, 4.69) is 30.3 Å². The molecule has 0 unspecified atom stereocenters. The fraction of sp³-hybridized carbons (Fsp3) is 0.204. The summed E-state index contributed by atoms with van der Waals surface area (Å²) in [5.74, 6) is -5.23. The van der Waals surface area contributed by atoms with Crippen molar-refractivity contribution < 1.29 is 122 Å². The number of carbonyl (C=O) groups excluding carboxylic acids is 10. The van der Waals surface area contributed by atoms with Gasteiger partial charge in [-0.2, -0.15) is 0 Å². The maximum atomic E-state index is 13.5. The molecule has 0 N–H and O–H groups in total. The third-order valence-corrected chi connectivity index (χ3v) is 31.3. The average molecular weight is 2130 g/mol. The Bertz CT molecular complexity index is 6650. The fourth-order valence-electron chi connectivity index (χ4n) is 12.8. The first-order chi connectivity index (χ1) is 70.4. The molecular formula is C108H108N4O26P4S4. The molecule has 0 bridgehead atoms. The maximum absolute atomic E-state index is 13.5. The highest BCUT2D eigenvalue weighted by molar-refractivity contribution is 8.00. The molecule has 0 amide bonds. The Morgan fingerprint density at radius 3 is 0.548 bits per heavy atom. The van der Waals surface area contributed by atoms with Crippen LogP contribution in [0.4, 0.5) is 0 Å². The molecule has 760 valence electrons. The van der Waals surface area contributed by atoms with Gasteiger partial charge >= 0.3 is 54.3 Å². The third-order valence-electron chi connectivity index (χ3n) is 19.3. The van der Waals surface area contributed by atoms with Crippen LogP contribution in [0.5, 0.6) is 0 Å². The lowest BCUT2D eigenvalue weighted by Crippen LogP contribution is -2.21. The Labute approximate surface area is 864 Å². The molecule has 0 aliphatic carbocycles. The average Bonchev–Trinajstić information content (AvgIpc) is 0.843. The number of carbonyl (C=O) groups is 10. The van der Waals surface area contributed by atoms with Crippen molar-refractivity contribution in [1.82, 2.24) is 0 Å². The molecule has 12 aromatic rings. The van der Waals surface area contributed by atoms with E-state index in [1.807, 2.05) is 133 Å². The highest BCUT2D eigenvalue weighted by atomic mass is 32.2. The predicted octanol–water partition coefficient (Wildman–Crippen LogP) is 25.9. The van der Waals surface area contributed by atoms with Gasteiger partial charge in [0.1, 0.15) is 22.8 Å². The van der Waals surface area contributed by atoms with E-state index in [9.17, 15) is 66.2 Å². The molecule has 0 saturated heterocycles. The first-order valence-corrected chi connectivity index (χ1v) is 56.0. The van der Waals surface area contributed by atoms with Crippen LogP contribution in [0, 0.1) is 0 Å². The van der Waals surface area contributed by atoms with Crippen LogP contribution in [0.15, 0.2) is 387 Å². The van der Waals surface area contributed by atoms with Crippen LogP contribution < -0.4 is 0 Å². The number of Topliss-reactive ketones (excluding diaryl/α,β-unsaturated/α-hetero) is 4. The van der Waals surface area contributed by atoms with Gasteiger partial charge in [-0.3, -0.25) is 47.0 Å². The number of ketones is 6. The Hall–Kier alpha value is -12.8. The van der Waals surface area contributed by atoms with Gasteiger partial charge in [-0.25, -0.2) is 19.2 Å². The van der Waals surface area contributed by atoms with Crippen LogP contribution in [-0.4, -0.2) is 159 Å². The van der Waals surface area contributed by atoms with Gasteiger partial charge in [0.2, 0.25) is 23.1 Å². The van der Waals surface area contributed by atoms with Crippen LogP contribution in [-0.2, 0) is 83.4 Å². The molecule has 0 saturated carbocycles. The van der Waals surface area contributed by atoms with Gasteiger partial charge < -0.3 is 55.5 Å². The number of hydrogen-bond acceptors (Lipinski definition) is 34. The van der Waals surface area contributed by atoms with Crippen LogP contribution >= 0.6 is 77.4 Å². The van der Waals surface area contributed by atoms with E-state index in [4.69, 9.17) is 45.9 Å². The number of rotatable bonds is 50. The van der Waals surface area contributed by atoms with Crippen molar-refractivity contribution in [2.75, 3.05) is 77.5 Å². The summed E-state index contributed by atoms with van der Waals surface area (Å²) in [5, 5.41) is 14.9. The molecule has 0 fully saturated rings. The predicted molar refractivity (Wildman–Crippen MR) is 565 cm³/mol. The van der Waals surface area contributed by atoms with Crippen molar-refractivity contribution in [3.8, 4) is 0 Å². The lowest BCUT2D eigenvalue weighted by Gasteiger charge is -2.17. The Morgan fingerprint density at radius 2 is 0.363 bits per heavy atom. The summed E-state index contributed by atoms with van der Waals surface area (Å²) in [6, 6.07) is 96.1. The minimum absolute atomic E-state index is 0.0468. The van der Waals surface area contributed by atoms with E-state index in [0.717, 1.165) is 53.0 Å². The van der Waals surface area contributed by atoms with Crippen molar-refractivity contribution in [2.45, 2.75) is 108 Å². The van der Waals surface area contributed by atoms with Gasteiger partial charge in [0.25, 0.3) is 0 Å². The molecule has 38 heteroatoms. The molecule has 0 atom stereocenters. The maximum Gasteiger partial charge on any atom is 0.365 e. The largest absolute Gasteiger partial charge is 0.365 e. The highest BCUT2D eigenvalue weighted by Crippen LogP contribution is 2.52. The second kappa shape index (κ2) is 61.0. The summed E-state index contributed by atoms with van der Waals surface area (Å²) in [7, 11) is -14.7. The van der Waals surface area contributed by atoms with E-state index in [1.165, 1.54) is 23.5 Å². The zero-order chi connectivity index (χ0) is 105. The summed E-state index contributed by atoms with van der Waals surface area (Å²) in [5.41, 5.74) is 3.13. The Kier molecular flexibility index (Phi) is 48.8. The van der Waals surface area contributed by atoms with E-state index >= 15 is 0 Å². The zero-order valence-electron chi connectivity index (χ0n) is 81.5. The second-order valence-corrected chi connectivity index (χ2v) is 42.9. The third kappa shape index (κ3) is 38.9. The number of oxime groups is 4. The smallest absolute Gasteiger partial charge is 0.318 e. The zero-order valence-corrected chi connectivity index (χ0v) is 88.3. The van der Waals surface area contributed by atoms with E-state index in [-0.39, 0.29) is 110 Å². The molecule has 30 nitrogen and oxygen atoms in total. The Morgan fingerprint density at radius 1 is 0.205 bits per heavy atom. The minimum Gasteiger partial charge on any atom is -0.318 e. The Balaban J connectivity index is 0.000000218. The van der Waals surface area contributed by atoms with Gasteiger partial charge in [-0.05, 0) is 250 Å². The summed E-state index contributed by atoms with van der Waals surface area (Å²) in [6.07, 6.45) is -1.75. The second-order valence-electron chi connectivity index (χ2n) is 30.1. The van der Waals surface area contributed by atoms with Gasteiger partial charge in [0, 0.05) is 97.5 Å². The van der Waals surface area contributed by atoms with Gasteiger partial charge in [-0.1, -0.05) is 201 Å². The van der Waals surface area contributed by atoms with E-state index < -0.39 is 102 Å². The van der Waals surface area contributed by atoms with Gasteiger partial charge in [0.15, 0.2) is 11.6 Å². The molecule has 12 rings (SSSR count). The molecule has 0 radical (unpaired) electrons. The normalized spacial score (nSPS) is 11.7. The van der Waals surface area contributed by atoms with Crippen molar-refractivity contribution >= 4 is 159 Å². The van der Waals surface area contributed by atoms with Crippen molar-refractivity contribution in [1.29, 1.82) is 0 Å². The van der Waals surface area contributed by atoms with Crippen LogP contribution in [0.1, 0.15) is 163 Å². The summed E-state index contributed by atoms with van der Waals surface area (Å²) >= 11 is 6.04. The first-order valence-electron chi connectivity index (χ1n) is 45.8. The summed E-state index contributed by atoms with van der Waals surface area (Å²) < 4.78 is 94.5. The van der Waals surface area contributed by atoms with E-state index in [1.54, 1.807) is 273 Å². The van der Waals surface area contributed by atoms with Crippen LogP contribution in [0.3, 0.4) is 0 Å². The summed E-state index contributed by atoms with van der Waals surface area (Å²) in [6.45, 7) is 16.5. The molecule has 0 aromatic heterocycles. The SMILES string of the molecule is CCOP(=O)(C/C(=N\OC(=O)c1ccccc1)C(=O)c1ccc(Sc2ccc(C(=O)c3ccccc3)cc2)cc1)OCC.CCOP(=O)(C/C(=N\OC(=O)c1ccccc1)C(=O)c1ccc(Sc2ccccc2)cc1)OCC.CCOP(=O)(C/C(=N\OC(C)=O)C(=O)c1ccc(Sc2ccc(C(=O)c3ccccc3)cc2)cc1)OCC.CCOP(=O)(C/C(=N\OC(C)=O)C(=O)c1ccc(Sc2ccccc2)cc1)OCC. The lowest BCUT2D eigenvalue weighted by atomic mass is 10.0.